The number of ether oxygens (including phenoxy) is 1. The molecule has 0 aromatic heterocycles. The molecule has 0 bridgehead atoms. The Morgan fingerprint density at radius 2 is 2.05 bits per heavy atom. The van der Waals surface area contributed by atoms with Gasteiger partial charge in [-0.15, -0.1) is 0 Å². The van der Waals surface area contributed by atoms with Crippen LogP contribution in [0.1, 0.15) is 27.2 Å². The van der Waals surface area contributed by atoms with E-state index in [-0.39, 0.29) is 17.5 Å². The van der Waals surface area contributed by atoms with Crippen LogP contribution in [0, 0.1) is 5.92 Å². The minimum absolute atomic E-state index is 0.0727. The Morgan fingerprint density at radius 1 is 1.42 bits per heavy atom. The van der Waals surface area contributed by atoms with Gasteiger partial charge in [-0.05, 0) is 19.3 Å². The lowest BCUT2D eigenvalue weighted by molar-refractivity contribution is -0.200. The number of likely N-dealkylation sites (tertiary alicyclic amines) is 1. The molecule has 1 amide bonds. The largest absolute Gasteiger partial charge is 0.377 e. The van der Waals surface area contributed by atoms with Gasteiger partial charge in [0, 0.05) is 31.8 Å². The lowest BCUT2D eigenvalue weighted by Gasteiger charge is -2.60. The van der Waals surface area contributed by atoms with Gasteiger partial charge in [-0.25, -0.2) is 0 Å². The van der Waals surface area contributed by atoms with E-state index >= 15 is 0 Å². The average Bonchev–Trinajstić information content (AvgIpc) is 2.22. The molecule has 19 heavy (non-hydrogen) atoms. The summed E-state index contributed by atoms with van der Waals surface area (Å²) >= 11 is 0. The highest BCUT2D eigenvalue weighted by molar-refractivity contribution is 5.93. The number of hydrogen-bond acceptors (Lipinski definition) is 3. The molecule has 2 fully saturated rings. The number of hydrogen-bond donors (Lipinski definition) is 0. The van der Waals surface area contributed by atoms with Crippen LogP contribution in [0.2, 0.25) is 0 Å². The van der Waals surface area contributed by atoms with Crippen molar-refractivity contribution in [2.45, 2.75) is 38.8 Å². The van der Waals surface area contributed by atoms with Crippen molar-refractivity contribution in [2.24, 2.45) is 5.92 Å². The maximum Gasteiger partial charge on any atom is 0.250 e. The Labute approximate surface area is 116 Å². The number of amides is 1. The topological polar surface area (TPSA) is 32.8 Å². The Bertz CT molecular complexity index is 369. The van der Waals surface area contributed by atoms with E-state index in [0.29, 0.717) is 11.5 Å². The number of carbonyl (C=O) groups excluding carboxylic acids is 1. The van der Waals surface area contributed by atoms with Gasteiger partial charge in [0.25, 0.3) is 5.91 Å². The second-order valence-electron chi connectivity index (χ2n) is 6.44. The number of carbonyl (C=O) groups is 1. The molecule has 1 atom stereocenters. The van der Waals surface area contributed by atoms with E-state index in [1.54, 1.807) is 4.90 Å². The third kappa shape index (κ3) is 2.56. The van der Waals surface area contributed by atoms with Crippen LogP contribution in [-0.2, 0) is 9.53 Å². The molecule has 4 nitrogen and oxygen atoms in total. The summed E-state index contributed by atoms with van der Waals surface area (Å²) < 4.78 is 5.33. The molecule has 2 aliphatic heterocycles. The highest BCUT2D eigenvalue weighted by Crippen LogP contribution is 2.40. The summed E-state index contributed by atoms with van der Waals surface area (Å²) in [5, 5.41) is 0. The number of nitrogens with zero attached hydrogens (tertiary/aromatic N) is 2. The van der Waals surface area contributed by atoms with E-state index in [4.69, 9.17) is 4.74 Å². The molecule has 4 heteroatoms. The van der Waals surface area contributed by atoms with Crippen molar-refractivity contribution in [3.8, 4) is 0 Å². The fourth-order valence-corrected chi connectivity index (χ4v) is 3.05. The summed E-state index contributed by atoms with van der Waals surface area (Å²) in [7, 11) is 1.86. The van der Waals surface area contributed by atoms with Gasteiger partial charge in [0.2, 0.25) is 0 Å². The van der Waals surface area contributed by atoms with E-state index in [0.717, 1.165) is 26.3 Å². The Balaban J connectivity index is 1.93. The Morgan fingerprint density at radius 3 is 2.42 bits per heavy atom. The Kier molecular flexibility index (Phi) is 4.02. The summed E-state index contributed by atoms with van der Waals surface area (Å²) in [4.78, 5) is 16.5. The van der Waals surface area contributed by atoms with Crippen molar-refractivity contribution in [2.75, 3.05) is 33.4 Å². The second kappa shape index (κ2) is 5.25. The van der Waals surface area contributed by atoms with Crippen molar-refractivity contribution in [1.29, 1.82) is 0 Å². The molecule has 2 saturated heterocycles. The van der Waals surface area contributed by atoms with Gasteiger partial charge >= 0.3 is 0 Å². The van der Waals surface area contributed by atoms with E-state index in [1.165, 1.54) is 6.42 Å². The maximum absolute atomic E-state index is 12.4. The van der Waals surface area contributed by atoms with Crippen molar-refractivity contribution >= 4 is 5.91 Å². The molecule has 0 aliphatic carbocycles. The van der Waals surface area contributed by atoms with Crippen LogP contribution < -0.4 is 0 Å². The summed E-state index contributed by atoms with van der Waals surface area (Å²) in [6.07, 6.45) is 1.18. The Hall–Kier alpha value is -0.870. The molecule has 0 N–H and O–H groups in total. The molecule has 1 unspecified atom stereocenters. The minimum atomic E-state index is 0.0727. The first kappa shape index (κ1) is 14.5. The van der Waals surface area contributed by atoms with E-state index in [9.17, 15) is 4.79 Å². The monoisotopic (exact) mass is 266 g/mol. The third-order valence-electron chi connectivity index (χ3n) is 4.40. The van der Waals surface area contributed by atoms with Crippen LogP contribution in [0.4, 0.5) is 0 Å². The summed E-state index contributed by atoms with van der Waals surface area (Å²) in [5.41, 5.74) is 0.910. The standard InChI is InChI=1S/C15H26N2O2/c1-11(2)8-16(5)14(18)12(3)13(4)17-7-6-15(17)9-19-10-15/h11,13H,3,6-10H2,1-2,4-5H3. The molecule has 2 aliphatic rings. The first-order valence-electron chi connectivity index (χ1n) is 7.16. The van der Waals surface area contributed by atoms with Gasteiger partial charge in [0.05, 0.1) is 18.8 Å². The molecule has 108 valence electrons. The maximum atomic E-state index is 12.4. The van der Waals surface area contributed by atoms with Gasteiger partial charge in [0.1, 0.15) is 0 Å². The summed E-state index contributed by atoms with van der Waals surface area (Å²) in [6, 6.07) is 0.111. The minimum Gasteiger partial charge on any atom is -0.377 e. The SMILES string of the molecule is C=C(C(=O)N(C)CC(C)C)C(C)N1CCC12COC2. The summed E-state index contributed by atoms with van der Waals surface area (Å²) in [6.45, 7) is 13.8. The van der Waals surface area contributed by atoms with Gasteiger partial charge in [-0.1, -0.05) is 20.4 Å². The van der Waals surface area contributed by atoms with E-state index in [1.807, 2.05) is 7.05 Å². The summed E-state index contributed by atoms with van der Waals surface area (Å²) in [5.74, 6) is 0.552. The molecule has 2 heterocycles. The van der Waals surface area contributed by atoms with Crippen LogP contribution in [-0.4, -0.2) is 60.6 Å². The van der Waals surface area contributed by atoms with Crippen molar-refractivity contribution in [3.05, 3.63) is 12.2 Å². The lowest BCUT2D eigenvalue weighted by atomic mass is 9.80. The molecule has 0 radical (unpaired) electrons. The van der Waals surface area contributed by atoms with Gasteiger partial charge in [0.15, 0.2) is 0 Å². The van der Waals surface area contributed by atoms with Crippen molar-refractivity contribution < 1.29 is 9.53 Å². The fraction of sp³-hybridized carbons (Fsp3) is 0.800. The number of rotatable bonds is 5. The van der Waals surface area contributed by atoms with E-state index in [2.05, 4.69) is 32.3 Å². The quantitative estimate of drug-likeness (QED) is 0.707. The molecule has 1 spiro atoms. The van der Waals surface area contributed by atoms with E-state index < -0.39 is 0 Å². The average molecular weight is 266 g/mol. The van der Waals surface area contributed by atoms with Crippen LogP contribution in [0.5, 0.6) is 0 Å². The second-order valence-corrected chi connectivity index (χ2v) is 6.44. The zero-order chi connectivity index (χ0) is 14.2. The normalized spacial score (nSPS) is 22.8. The van der Waals surface area contributed by atoms with Crippen LogP contribution in [0.25, 0.3) is 0 Å². The molecule has 0 aromatic rings. The van der Waals surface area contributed by atoms with Gasteiger partial charge in [-0.2, -0.15) is 0 Å². The van der Waals surface area contributed by atoms with Crippen LogP contribution >= 0.6 is 0 Å². The van der Waals surface area contributed by atoms with Crippen LogP contribution in [0.15, 0.2) is 12.2 Å². The van der Waals surface area contributed by atoms with Gasteiger partial charge < -0.3 is 9.64 Å². The van der Waals surface area contributed by atoms with Crippen molar-refractivity contribution in [1.82, 2.24) is 9.80 Å². The fourth-order valence-electron chi connectivity index (χ4n) is 3.05. The number of likely N-dealkylation sites (N-methyl/N-ethyl adjacent to an activating group) is 1. The highest BCUT2D eigenvalue weighted by Gasteiger charge is 2.53. The van der Waals surface area contributed by atoms with Gasteiger partial charge in [-0.3, -0.25) is 9.69 Å². The predicted molar refractivity (Wildman–Crippen MR) is 76.0 cm³/mol. The molecule has 2 rings (SSSR count). The molecule has 0 saturated carbocycles. The zero-order valence-electron chi connectivity index (χ0n) is 12.6. The zero-order valence-corrected chi connectivity index (χ0v) is 12.6. The molecular weight excluding hydrogens is 240 g/mol. The van der Waals surface area contributed by atoms with Crippen molar-refractivity contribution in [3.63, 3.8) is 0 Å². The molecule has 0 aromatic carbocycles. The first-order chi connectivity index (χ1) is 8.87. The third-order valence-corrected chi connectivity index (χ3v) is 4.40. The predicted octanol–water partition coefficient (Wildman–Crippen LogP) is 1.52. The highest BCUT2D eigenvalue weighted by atomic mass is 16.5. The lowest BCUT2D eigenvalue weighted by Crippen LogP contribution is -2.73. The smallest absolute Gasteiger partial charge is 0.250 e. The first-order valence-corrected chi connectivity index (χ1v) is 7.16. The molecular formula is C15H26N2O2. The van der Waals surface area contributed by atoms with Crippen LogP contribution in [0.3, 0.4) is 0 Å².